The van der Waals surface area contributed by atoms with E-state index in [0.717, 1.165) is 48.9 Å². The summed E-state index contributed by atoms with van der Waals surface area (Å²) >= 11 is 0. The van der Waals surface area contributed by atoms with E-state index in [4.69, 9.17) is 0 Å². The van der Waals surface area contributed by atoms with Gasteiger partial charge >= 0.3 is 0 Å². The van der Waals surface area contributed by atoms with E-state index in [-0.39, 0.29) is 18.0 Å². The number of carbonyl (C=O) groups is 1. The SMILES string of the molecule is CCCn1c2ccccc2c2cnn(CC(=O)NCCN3C[C@H](C)C[C@@H](C)C3)c(=O)c21. The molecule has 1 saturated heterocycles. The van der Waals surface area contributed by atoms with Crippen LogP contribution in [-0.2, 0) is 17.9 Å². The normalized spacial score (nSPS) is 19.8. The first-order valence-electron chi connectivity index (χ1n) is 11.4. The van der Waals surface area contributed by atoms with E-state index < -0.39 is 0 Å². The summed E-state index contributed by atoms with van der Waals surface area (Å²) in [7, 11) is 0. The van der Waals surface area contributed by atoms with E-state index in [1.165, 1.54) is 11.1 Å². The number of rotatable bonds is 7. The number of benzene rings is 1. The van der Waals surface area contributed by atoms with Crippen molar-refractivity contribution in [2.75, 3.05) is 26.2 Å². The van der Waals surface area contributed by atoms with Crippen molar-refractivity contribution >= 4 is 27.7 Å². The van der Waals surface area contributed by atoms with E-state index in [0.29, 0.717) is 23.9 Å². The zero-order valence-corrected chi connectivity index (χ0v) is 18.8. The van der Waals surface area contributed by atoms with Gasteiger partial charge in [-0.3, -0.25) is 9.59 Å². The Morgan fingerprint density at radius 2 is 1.87 bits per heavy atom. The molecule has 7 heteroatoms. The van der Waals surface area contributed by atoms with Crippen molar-refractivity contribution in [2.45, 2.75) is 46.7 Å². The van der Waals surface area contributed by atoms with Crippen LogP contribution in [0.2, 0.25) is 0 Å². The fourth-order valence-corrected chi connectivity index (χ4v) is 5.08. The summed E-state index contributed by atoms with van der Waals surface area (Å²) in [6.07, 6.45) is 3.91. The predicted molar refractivity (Wildman–Crippen MR) is 124 cm³/mol. The van der Waals surface area contributed by atoms with Crippen LogP contribution in [0.4, 0.5) is 0 Å². The van der Waals surface area contributed by atoms with Crippen molar-refractivity contribution in [2.24, 2.45) is 11.8 Å². The Labute approximate surface area is 183 Å². The molecule has 1 fully saturated rings. The highest BCUT2D eigenvalue weighted by molar-refractivity contribution is 6.07. The molecule has 1 amide bonds. The highest BCUT2D eigenvalue weighted by Crippen LogP contribution is 2.26. The van der Waals surface area contributed by atoms with Gasteiger partial charge in [0.25, 0.3) is 5.56 Å². The predicted octanol–water partition coefficient (Wildman–Crippen LogP) is 2.86. The van der Waals surface area contributed by atoms with Crippen LogP contribution < -0.4 is 10.9 Å². The van der Waals surface area contributed by atoms with Crippen molar-refractivity contribution in [3.05, 3.63) is 40.8 Å². The molecule has 0 bridgehead atoms. The van der Waals surface area contributed by atoms with Gasteiger partial charge in [-0.25, -0.2) is 4.68 Å². The molecule has 1 aliphatic rings. The lowest BCUT2D eigenvalue weighted by molar-refractivity contribution is -0.122. The number of fused-ring (bicyclic) bond motifs is 3. The second kappa shape index (κ2) is 9.22. The van der Waals surface area contributed by atoms with Gasteiger partial charge in [0.2, 0.25) is 5.91 Å². The number of hydrogen-bond acceptors (Lipinski definition) is 4. The van der Waals surface area contributed by atoms with Crippen LogP contribution in [0.5, 0.6) is 0 Å². The van der Waals surface area contributed by atoms with Gasteiger partial charge in [-0.05, 0) is 30.7 Å². The summed E-state index contributed by atoms with van der Waals surface area (Å²) in [6.45, 7) is 11.0. The number of para-hydroxylation sites is 1. The fourth-order valence-electron chi connectivity index (χ4n) is 5.08. The molecule has 0 spiro atoms. The summed E-state index contributed by atoms with van der Waals surface area (Å²) in [4.78, 5) is 28.1. The van der Waals surface area contributed by atoms with E-state index in [1.807, 2.05) is 24.3 Å². The molecular formula is C24H33N5O2. The number of aromatic nitrogens is 3. The van der Waals surface area contributed by atoms with Gasteiger partial charge in [0.1, 0.15) is 12.1 Å². The Morgan fingerprint density at radius 1 is 1.13 bits per heavy atom. The maximum atomic E-state index is 13.2. The minimum atomic E-state index is -0.212. The third-order valence-corrected chi connectivity index (χ3v) is 6.21. The number of amides is 1. The second-order valence-corrected chi connectivity index (χ2v) is 9.09. The molecule has 166 valence electrons. The average Bonchev–Trinajstić information content (AvgIpc) is 3.04. The lowest BCUT2D eigenvalue weighted by Crippen LogP contribution is -2.43. The molecule has 0 radical (unpaired) electrons. The van der Waals surface area contributed by atoms with Crippen LogP contribution in [0.15, 0.2) is 35.3 Å². The van der Waals surface area contributed by atoms with Crippen LogP contribution in [0, 0.1) is 11.8 Å². The molecule has 2 aromatic heterocycles. The molecule has 31 heavy (non-hydrogen) atoms. The van der Waals surface area contributed by atoms with Crippen molar-refractivity contribution in [3.63, 3.8) is 0 Å². The Hall–Kier alpha value is -2.67. The molecule has 4 rings (SSSR count). The van der Waals surface area contributed by atoms with Crippen molar-refractivity contribution in [1.29, 1.82) is 0 Å². The lowest BCUT2D eigenvalue weighted by Gasteiger charge is -2.34. The molecule has 3 aromatic rings. The summed E-state index contributed by atoms with van der Waals surface area (Å²) in [6, 6.07) is 8.01. The first-order valence-corrected chi connectivity index (χ1v) is 11.4. The van der Waals surface area contributed by atoms with Gasteiger partial charge in [-0.1, -0.05) is 39.0 Å². The average molecular weight is 424 g/mol. The van der Waals surface area contributed by atoms with Gasteiger partial charge in [0.05, 0.1) is 6.20 Å². The highest BCUT2D eigenvalue weighted by Gasteiger charge is 2.21. The molecule has 1 N–H and O–H groups in total. The van der Waals surface area contributed by atoms with Gasteiger partial charge in [-0.2, -0.15) is 5.10 Å². The third kappa shape index (κ3) is 4.51. The zero-order valence-electron chi connectivity index (χ0n) is 18.8. The van der Waals surface area contributed by atoms with Gasteiger partial charge in [0.15, 0.2) is 0 Å². The molecule has 1 aliphatic heterocycles. The number of aryl methyl sites for hydroxylation is 1. The first-order chi connectivity index (χ1) is 15.0. The number of likely N-dealkylation sites (tertiary alicyclic amines) is 1. The van der Waals surface area contributed by atoms with E-state index >= 15 is 0 Å². The lowest BCUT2D eigenvalue weighted by atomic mass is 9.92. The highest BCUT2D eigenvalue weighted by atomic mass is 16.2. The molecule has 2 atom stereocenters. The number of nitrogens with zero attached hydrogens (tertiary/aromatic N) is 4. The Bertz CT molecular complexity index is 1120. The van der Waals surface area contributed by atoms with Crippen molar-refractivity contribution in [1.82, 2.24) is 24.6 Å². The largest absolute Gasteiger partial charge is 0.353 e. The molecule has 0 unspecified atom stereocenters. The second-order valence-electron chi connectivity index (χ2n) is 9.09. The van der Waals surface area contributed by atoms with Gasteiger partial charge in [0, 0.05) is 49.0 Å². The Morgan fingerprint density at radius 3 is 2.61 bits per heavy atom. The number of carbonyl (C=O) groups excluding carboxylic acids is 1. The maximum Gasteiger partial charge on any atom is 0.291 e. The van der Waals surface area contributed by atoms with E-state index in [9.17, 15) is 9.59 Å². The van der Waals surface area contributed by atoms with Crippen LogP contribution in [-0.4, -0.2) is 51.3 Å². The minimum absolute atomic E-state index is 0.0603. The molecule has 7 nitrogen and oxygen atoms in total. The van der Waals surface area contributed by atoms with Crippen LogP contribution in [0.1, 0.15) is 33.6 Å². The minimum Gasteiger partial charge on any atom is -0.353 e. The smallest absolute Gasteiger partial charge is 0.291 e. The third-order valence-electron chi connectivity index (χ3n) is 6.21. The fraction of sp³-hybridized carbons (Fsp3) is 0.542. The number of nitrogens with one attached hydrogen (secondary N) is 1. The van der Waals surface area contributed by atoms with Gasteiger partial charge < -0.3 is 14.8 Å². The summed E-state index contributed by atoms with van der Waals surface area (Å²) in [5.41, 5.74) is 1.45. The summed E-state index contributed by atoms with van der Waals surface area (Å²) in [5.74, 6) is 1.22. The topological polar surface area (TPSA) is 72.2 Å². The van der Waals surface area contributed by atoms with E-state index in [1.54, 1.807) is 6.20 Å². The number of piperidine rings is 1. The summed E-state index contributed by atoms with van der Waals surface area (Å²) < 4.78 is 3.34. The first kappa shape index (κ1) is 21.6. The van der Waals surface area contributed by atoms with Gasteiger partial charge in [-0.15, -0.1) is 0 Å². The van der Waals surface area contributed by atoms with Crippen LogP contribution >= 0.6 is 0 Å². The van der Waals surface area contributed by atoms with E-state index in [2.05, 4.69) is 40.7 Å². The quantitative estimate of drug-likeness (QED) is 0.634. The monoisotopic (exact) mass is 423 g/mol. The summed E-state index contributed by atoms with van der Waals surface area (Å²) in [5, 5.41) is 9.14. The molecular weight excluding hydrogens is 390 g/mol. The van der Waals surface area contributed by atoms with Crippen molar-refractivity contribution in [3.8, 4) is 0 Å². The van der Waals surface area contributed by atoms with Crippen LogP contribution in [0.25, 0.3) is 21.8 Å². The standard InChI is InChI=1S/C24H33N5O2/c1-4-10-28-21-8-6-5-7-19(21)20-13-26-29(24(31)23(20)28)16-22(30)25-9-11-27-14-17(2)12-18(3)15-27/h5-8,13,17-18H,4,9-12,14-16H2,1-3H3,(H,25,30)/t17-,18-/m1/s1. The molecule has 3 heterocycles. The van der Waals surface area contributed by atoms with Crippen molar-refractivity contribution < 1.29 is 4.79 Å². The molecule has 0 aliphatic carbocycles. The zero-order chi connectivity index (χ0) is 22.0. The maximum absolute atomic E-state index is 13.2. The Kier molecular flexibility index (Phi) is 6.41. The molecule has 1 aromatic carbocycles. The van der Waals surface area contributed by atoms with Crippen LogP contribution in [0.3, 0.4) is 0 Å². The molecule has 0 saturated carbocycles. The number of hydrogen-bond donors (Lipinski definition) is 1. The Balaban J connectivity index is 1.48.